The van der Waals surface area contributed by atoms with Gasteiger partial charge in [-0.1, -0.05) is 126 Å². The number of hydrogen-bond acceptors (Lipinski definition) is 21. The number of nitrogens with two attached hydrogens (primary N) is 5. The van der Waals surface area contributed by atoms with Crippen molar-refractivity contribution in [1.29, 1.82) is 0 Å². The molecule has 696 valence electrons. The van der Waals surface area contributed by atoms with E-state index in [-0.39, 0.29) is 71.0 Å². The molecule has 4 amide bonds. The summed E-state index contributed by atoms with van der Waals surface area (Å²) >= 11 is 18.0. The number of rotatable bonds is 25. The number of halogens is 9. The van der Waals surface area contributed by atoms with Crippen molar-refractivity contribution in [3.8, 4) is 89.3 Å². The van der Waals surface area contributed by atoms with Gasteiger partial charge in [0, 0.05) is 146 Å². The molecule has 29 nitrogen and oxygen atoms in total. The number of nitrogens with one attached hydrogen (secondary N) is 4. The van der Waals surface area contributed by atoms with Gasteiger partial charge < -0.3 is 65.3 Å². The molecule has 8 aromatic heterocycles. The van der Waals surface area contributed by atoms with Crippen LogP contribution in [-0.4, -0.2) is 129 Å². The van der Waals surface area contributed by atoms with Gasteiger partial charge in [-0.25, -0.2) is 47.2 Å². The monoisotopic (exact) mass is 1900 g/mol. The van der Waals surface area contributed by atoms with Crippen molar-refractivity contribution in [2.24, 2.45) is 26.9 Å². The highest BCUT2D eigenvalue weighted by Gasteiger charge is 2.27. The maximum atomic E-state index is 15.0. The number of anilines is 4. The first-order chi connectivity index (χ1) is 65.2. The predicted octanol–water partition coefficient (Wildman–Crippen LogP) is 16.4. The van der Waals surface area contributed by atoms with Gasteiger partial charge >= 0.3 is 6.55 Å². The number of amides is 4. The number of pyridine rings is 3. The average Bonchev–Trinajstić information content (AvgIpc) is 1.64. The van der Waals surface area contributed by atoms with E-state index in [1.165, 1.54) is 67.8 Å². The first-order valence-electron chi connectivity index (χ1n) is 41.7. The molecule has 0 aliphatic heterocycles. The molecule has 38 heteroatoms. The van der Waals surface area contributed by atoms with Crippen LogP contribution in [0.3, 0.4) is 0 Å². The molecule has 0 aliphatic rings. The van der Waals surface area contributed by atoms with Gasteiger partial charge in [0.2, 0.25) is 0 Å². The normalized spacial score (nSPS) is 11.9. The molecule has 0 unspecified atom stereocenters. The second-order valence-electron chi connectivity index (χ2n) is 31.0. The van der Waals surface area contributed by atoms with E-state index in [4.69, 9.17) is 63.5 Å². The molecule has 0 aliphatic carbocycles. The van der Waals surface area contributed by atoms with Crippen LogP contribution in [0.4, 0.5) is 49.6 Å². The van der Waals surface area contributed by atoms with E-state index in [9.17, 15) is 52.1 Å². The number of hydrogen-bond donors (Lipinski definition) is 12. The Morgan fingerprint density at radius 3 is 1.10 bits per heavy atom. The van der Waals surface area contributed by atoms with E-state index >= 15 is 8.78 Å². The Morgan fingerprint density at radius 1 is 0.368 bits per heavy atom. The minimum absolute atomic E-state index is 0.0931. The molecule has 8 heterocycles. The lowest BCUT2D eigenvalue weighted by Gasteiger charge is -2.18. The summed E-state index contributed by atoms with van der Waals surface area (Å²) in [6.07, 6.45) is 14.5. The number of carbonyl (C=O) groups excluding carboxylic acids is 4. The van der Waals surface area contributed by atoms with E-state index in [1.54, 1.807) is 179 Å². The molecule has 0 saturated carbocycles. The van der Waals surface area contributed by atoms with Gasteiger partial charge in [0.05, 0.1) is 103 Å². The molecule has 8 aromatic carbocycles. The topological polar surface area (TPSA) is 443 Å². The quantitative estimate of drug-likeness (QED) is 0.0236. The molecule has 0 fully saturated rings. The third-order valence-corrected chi connectivity index (χ3v) is 22.9. The van der Waals surface area contributed by atoms with E-state index < -0.39 is 84.2 Å². The van der Waals surface area contributed by atoms with Gasteiger partial charge in [0.25, 0.3) is 23.6 Å². The fraction of sp³-hybridized carbons (Fsp3) is 0.153. The van der Waals surface area contributed by atoms with Gasteiger partial charge in [-0.05, 0) is 163 Å². The summed E-state index contributed by atoms with van der Waals surface area (Å²) in [6.45, 7) is 1.59. The summed E-state index contributed by atoms with van der Waals surface area (Å²) < 4.78 is 91.9. The summed E-state index contributed by atoms with van der Waals surface area (Å²) in [4.78, 5) is 72.3. The highest BCUT2D eigenvalue weighted by molar-refractivity contribution is 6.31. The van der Waals surface area contributed by atoms with Crippen molar-refractivity contribution < 1.29 is 60.8 Å². The zero-order valence-corrected chi connectivity index (χ0v) is 75.7. The Morgan fingerprint density at radius 2 is 0.728 bits per heavy atom. The molecule has 136 heavy (non-hydrogen) atoms. The lowest BCUT2D eigenvalue weighted by Crippen LogP contribution is -2.33. The Bertz CT molecular complexity index is 7090. The minimum atomic E-state index is -2.79. The van der Waals surface area contributed by atoms with Crippen molar-refractivity contribution in [2.45, 2.75) is 51.5 Å². The number of alkyl halides is 2. The molecule has 0 saturated heterocycles. The fourth-order valence-electron chi connectivity index (χ4n) is 14.5. The lowest BCUT2D eigenvalue weighted by molar-refractivity contribution is 0.0544. The molecular formula is C98H89Cl3F6N22O7. The Balaban J connectivity index is 0.000000153. The van der Waals surface area contributed by atoms with Crippen LogP contribution in [0.2, 0.25) is 15.1 Å². The molecule has 0 radical (unpaired) electrons. The maximum Gasteiger partial charge on any atom is 0.333 e. The van der Waals surface area contributed by atoms with Crippen LogP contribution < -0.4 is 49.9 Å². The number of benzene rings is 8. The number of nitrogens with zero attached hydrogens (tertiary/aromatic N) is 13. The van der Waals surface area contributed by atoms with E-state index in [1.807, 2.05) is 53.3 Å². The van der Waals surface area contributed by atoms with Crippen molar-refractivity contribution in [1.82, 2.24) is 85.3 Å². The van der Waals surface area contributed by atoms with Gasteiger partial charge in [-0.3, -0.25) is 33.2 Å². The van der Waals surface area contributed by atoms with Gasteiger partial charge in [-0.2, -0.15) is 29.2 Å². The molecular weight excluding hydrogens is 1820 g/mol. The molecule has 0 bridgehead atoms. The van der Waals surface area contributed by atoms with Crippen LogP contribution in [0, 0.1) is 44.0 Å². The number of aryl methyl sites for hydroxylation is 3. The van der Waals surface area contributed by atoms with Gasteiger partial charge in [0.15, 0.2) is 0 Å². The van der Waals surface area contributed by atoms with Crippen LogP contribution in [0.15, 0.2) is 250 Å². The summed E-state index contributed by atoms with van der Waals surface area (Å²) in [5, 5.41) is 57.5. The number of nitrogen functional groups attached to an aromatic ring is 4. The minimum Gasteiger partial charge on any atom is -0.394 e. The van der Waals surface area contributed by atoms with Crippen LogP contribution in [-0.2, 0) is 21.1 Å². The van der Waals surface area contributed by atoms with E-state index in [0.717, 1.165) is 56.4 Å². The Labute approximate surface area is 790 Å². The highest BCUT2D eigenvalue weighted by atomic mass is 35.5. The second kappa shape index (κ2) is 43.9. The number of aromatic nitrogens is 13. The molecule has 0 spiro atoms. The summed E-state index contributed by atoms with van der Waals surface area (Å²) in [6, 6.07) is 48.5. The lowest BCUT2D eigenvalue weighted by atomic mass is 9.99. The summed E-state index contributed by atoms with van der Waals surface area (Å²) in [7, 11) is 5.48. The average molecular weight is 1910 g/mol. The van der Waals surface area contributed by atoms with Gasteiger partial charge in [0.1, 0.15) is 52.2 Å². The van der Waals surface area contributed by atoms with Crippen LogP contribution in [0.25, 0.3) is 89.3 Å². The number of aliphatic hydroxyl groups excluding tert-OH is 3. The van der Waals surface area contributed by atoms with Crippen molar-refractivity contribution in [2.75, 3.05) is 49.3 Å². The van der Waals surface area contributed by atoms with Crippen LogP contribution in [0.1, 0.15) is 111 Å². The number of carbonyl (C=O) groups is 4. The first kappa shape index (κ1) is 98.0. The van der Waals surface area contributed by atoms with Crippen LogP contribution in [0.5, 0.6) is 0 Å². The third-order valence-electron chi connectivity index (χ3n) is 22.2. The SMILES string of the molecule is Cc1c(-c2cnc(N)c(-c3ccc(C(=O)N[C@H](CN)c4cccc(Cl)c4)c(F)c3)c2)cnn1C.Cc1c(-c2cnc(N)c(-c3ccc(C(=O)N[C@H](CO)c4cccc(Cl)c4)c(F)c3)c2)cnn1C(F)F.Cc1c(-c2cnc(N)c(-c3ccc(C(=O)N[C@H](CO)c4ccccc4)c(F)c3)n2)cnn1C.Cn1cc(-c2cnc(N)c(-c3ccc(C(=O)N[C@H](CO)c4cccc(Cl)c4)c(F)c3)c2)cn1. The predicted molar refractivity (Wildman–Crippen MR) is 509 cm³/mol. The molecule has 16 rings (SSSR count). The highest BCUT2D eigenvalue weighted by Crippen LogP contribution is 2.38. The molecule has 17 N–H and O–H groups in total. The van der Waals surface area contributed by atoms with Crippen molar-refractivity contribution in [3.05, 3.63) is 350 Å². The van der Waals surface area contributed by atoms with Crippen molar-refractivity contribution >= 4 is 81.7 Å². The Kier molecular flexibility index (Phi) is 31.6. The summed E-state index contributed by atoms with van der Waals surface area (Å²) in [5.74, 6) is -4.84. The van der Waals surface area contributed by atoms with E-state index in [2.05, 4.69) is 66.6 Å². The fourth-order valence-corrected chi connectivity index (χ4v) is 15.1. The number of aliphatic hydroxyl groups is 3. The van der Waals surface area contributed by atoms with E-state index in [0.29, 0.717) is 92.3 Å². The standard InChI is InChI=1S/C25H21ClF3N5O2.C25H24ClFN6O.C24H21ClFN5O2.C24H23FN6O2/c1-13-20(11-32-34(13)25(28)29)16-8-19(23(30)31-10-16)14-5-6-18(21(27)9-14)24(36)33-22(12-35)15-3-2-4-17(26)7-15;1-14-21(13-31-33(14)2)17-9-20(24(29)30-12-17)15-6-7-19(22(27)10-15)25(34)32-23(11-28)16-4-3-5-18(26)8-16;1-31-12-17(11-29-31)16-8-20(23(27)28-10-16)14-5-6-19(21(26)9-14)24(33)30-22(13-32)15-3-2-4-18(25)7-15;1-14-18(11-28-31(14)2)20-12-27-23(26)22(29-20)16-8-9-17(19(25)10-16)24(33)30-21(13-32)15-6-4-3-5-7-15/h2-11,22,25,35H,12H2,1H3,(H2,30,31)(H,33,36);3-10,12-13,23H,11,28H2,1-2H3,(H2,29,30)(H,32,34);2-12,22,32H,13H2,1H3,(H2,27,28)(H,30,33);3-12,21,32H,13H2,1-2H3,(H2,26,27)(H,30,33)/t22-;23-;22-;21-/m1111/s1. The van der Waals surface area contributed by atoms with Crippen molar-refractivity contribution in [3.63, 3.8) is 0 Å². The first-order valence-corrected chi connectivity index (χ1v) is 42.8. The largest absolute Gasteiger partial charge is 0.394 e. The zero-order valence-electron chi connectivity index (χ0n) is 73.5. The molecule has 4 atom stereocenters. The zero-order chi connectivity index (χ0) is 97.5. The second-order valence-corrected chi connectivity index (χ2v) is 32.3. The maximum absolute atomic E-state index is 15.0. The van der Waals surface area contributed by atoms with Crippen LogP contribution >= 0.6 is 34.8 Å². The smallest absolute Gasteiger partial charge is 0.333 e. The Hall–Kier alpha value is -15.5. The summed E-state index contributed by atoms with van der Waals surface area (Å²) in [5.41, 5.74) is 43.1. The van der Waals surface area contributed by atoms with Gasteiger partial charge in [-0.15, -0.1) is 0 Å². The third kappa shape index (κ3) is 23.0. The molecule has 16 aromatic rings.